The summed E-state index contributed by atoms with van der Waals surface area (Å²) in [6.07, 6.45) is -4.52. The highest BCUT2D eigenvalue weighted by atomic mass is 19.1. The molecule has 4 atom stereocenters. The van der Waals surface area contributed by atoms with Crippen LogP contribution < -0.4 is 11.4 Å². The van der Waals surface area contributed by atoms with Gasteiger partial charge in [0.25, 0.3) is 0 Å². The first-order chi connectivity index (χ1) is 8.45. The van der Waals surface area contributed by atoms with E-state index in [4.69, 9.17) is 15.6 Å². The topological polar surface area (TPSA) is 131 Å². The average Bonchev–Trinajstić information content (AvgIpc) is 2.61. The zero-order chi connectivity index (χ0) is 13.4. The molecule has 8 nitrogen and oxygen atoms in total. The molecule has 0 aromatic carbocycles. The lowest BCUT2D eigenvalue weighted by Crippen LogP contribution is -2.36. The average molecular weight is 261 g/mol. The van der Waals surface area contributed by atoms with Crippen molar-refractivity contribution in [1.29, 1.82) is 0 Å². The quantitative estimate of drug-likeness (QED) is 0.465. The van der Waals surface area contributed by atoms with Crippen LogP contribution in [0.25, 0.3) is 0 Å². The third kappa shape index (κ3) is 1.97. The van der Waals surface area contributed by atoms with Gasteiger partial charge in [-0.25, -0.2) is 9.18 Å². The van der Waals surface area contributed by atoms with Crippen molar-refractivity contribution in [2.75, 3.05) is 12.3 Å². The highest BCUT2D eigenvalue weighted by molar-refractivity contribution is 5.26. The van der Waals surface area contributed by atoms with Gasteiger partial charge in [0.1, 0.15) is 18.3 Å². The number of anilines is 1. The molecule has 0 saturated carbocycles. The minimum atomic E-state index is -1.48. The van der Waals surface area contributed by atoms with Crippen molar-refractivity contribution in [3.63, 3.8) is 0 Å². The first kappa shape index (κ1) is 12.9. The van der Waals surface area contributed by atoms with Gasteiger partial charge in [-0.1, -0.05) is 0 Å². The van der Waals surface area contributed by atoms with Crippen molar-refractivity contribution in [2.45, 2.75) is 24.5 Å². The van der Waals surface area contributed by atoms with Crippen LogP contribution in [0.3, 0.4) is 0 Å². The minimum absolute atomic E-state index is 0.547. The highest BCUT2D eigenvalue weighted by Crippen LogP contribution is 2.28. The standard InChI is InChI=1S/C9H12FN3O5/c10-3-1-13(9(17)12-7(3)11)8-6(16)5(15)4(2-14)18-8/h1,4-6,8,14-16H,2H2,(H2,11,12,17)/t4-,5+,6-,8-/m0/s1. The SMILES string of the molecule is Nc1nc(=O)n([C@H]2O[C@@H](CO)[C@@H](O)[C@@H]2O)cc1F. The fourth-order valence-electron chi connectivity index (χ4n) is 1.75. The van der Waals surface area contributed by atoms with Crippen LogP contribution in [-0.2, 0) is 4.74 Å². The molecule has 1 saturated heterocycles. The Kier molecular flexibility index (Phi) is 3.30. The maximum absolute atomic E-state index is 13.2. The minimum Gasteiger partial charge on any atom is -0.394 e. The van der Waals surface area contributed by atoms with Gasteiger partial charge in [-0.2, -0.15) is 4.98 Å². The summed E-state index contributed by atoms with van der Waals surface area (Å²) < 4.78 is 19.0. The number of aliphatic hydroxyl groups is 3. The second kappa shape index (κ2) is 4.61. The van der Waals surface area contributed by atoms with Crippen molar-refractivity contribution < 1.29 is 24.4 Å². The van der Waals surface area contributed by atoms with Crippen LogP contribution in [0.4, 0.5) is 10.2 Å². The number of halogens is 1. The molecule has 1 aliphatic heterocycles. The molecule has 2 heterocycles. The van der Waals surface area contributed by atoms with Crippen LogP contribution in [0.1, 0.15) is 6.23 Å². The Morgan fingerprint density at radius 3 is 2.72 bits per heavy atom. The highest BCUT2D eigenvalue weighted by Gasteiger charge is 2.43. The van der Waals surface area contributed by atoms with Crippen molar-refractivity contribution >= 4 is 5.82 Å². The molecule has 2 rings (SSSR count). The number of nitrogen functional groups attached to an aromatic ring is 1. The summed E-state index contributed by atoms with van der Waals surface area (Å²) in [5.74, 6) is -1.52. The lowest BCUT2D eigenvalue weighted by molar-refractivity contribution is -0.0553. The number of nitrogens with zero attached hydrogens (tertiary/aromatic N) is 2. The van der Waals surface area contributed by atoms with Crippen molar-refractivity contribution in [2.24, 2.45) is 0 Å². The molecule has 0 unspecified atom stereocenters. The Balaban J connectivity index is 2.39. The van der Waals surface area contributed by atoms with Crippen LogP contribution in [0.5, 0.6) is 0 Å². The fraction of sp³-hybridized carbons (Fsp3) is 0.556. The number of rotatable bonds is 2. The fourth-order valence-corrected chi connectivity index (χ4v) is 1.75. The summed E-state index contributed by atoms with van der Waals surface area (Å²) in [5, 5.41) is 28.1. The summed E-state index contributed by atoms with van der Waals surface area (Å²) in [5.41, 5.74) is 4.18. The molecule has 100 valence electrons. The smallest absolute Gasteiger partial charge is 0.351 e. The molecular weight excluding hydrogens is 249 g/mol. The second-order valence-electron chi connectivity index (χ2n) is 3.89. The Labute approximate surface area is 100 Å². The Hall–Kier alpha value is -1.55. The summed E-state index contributed by atoms with van der Waals surface area (Å²) >= 11 is 0. The van der Waals surface area contributed by atoms with Gasteiger partial charge in [-0.05, 0) is 0 Å². The van der Waals surface area contributed by atoms with Crippen LogP contribution in [0.15, 0.2) is 11.0 Å². The molecule has 0 radical (unpaired) electrons. The van der Waals surface area contributed by atoms with Crippen LogP contribution in [0, 0.1) is 5.82 Å². The van der Waals surface area contributed by atoms with Crippen LogP contribution in [0.2, 0.25) is 0 Å². The van der Waals surface area contributed by atoms with E-state index < -0.39 is 48.5 Å². The van der Waals surface area contributed by atoms with Crippen molar-refractivity contribution in [3.8, 4) is 0 Å². The van der Waals surface area contributed by atoms with Crippen LogP contribution >= 0.6 is 0 Å². The van der Waals surface area contributed by atoms with E-state index in [1.54, 1.807) is 0 Å². The maximum Gasteiger partial charge on any atom is 0.351 e. The number of aliphatic hydroxyl groups excluding tert-OH is 3. The summed E-state index contributed by atoms with van der Waals surface area (Å²) in [7, 11) is 0. The molecule has 1 aliphatic rings. The Morgan fingerprint density at radius 1 is 1.50 bits per heavy atom. The lowest BCUT2D eigenvalue weighted by atomic mass is 10.1. The van der Waals surface area contributed by atoms with E-state index in [0.29, 0.717) is 4.57 Å². The molecule has 0 bridgehead atoms. The number of ether oxygens (including phenoxy) is 1. The van der Waals surface area contributed by atoms with Gasteiger partial charge in [0.2, 0.25) is 0 Å². The first-order valence-corrected chi connectivity index (χ1v) is 5.12. The Morgan fingerprint density at radius 2 is 2.17 bits per heavy atom. The van der Waals surface area contributed by atoms with E-state index >= 15 is 0 Å². The van der Waals surface area contributed by atoms with Gasteiger partial charge in [0, 0.05) is 0 Å². The van der Waals surface area contributed by atoms with Gasteiger partial charge in [0.15, 0.2) is 17.9 Å². The lowest BCUT2D eigenvalue weighted by Gasteiger charge is -2.17. The number of hydrogen-bond donors (Lipinski definition) is 4. The van der Waals surface area contributed by atoms with Gasteiger partial charge in [0.05, 0.1) is 12.8 Å². The van der Waals surface area contributed by atoms with E-state index in [0.717, 1.165) is 6.20 Å². The molecule has 5 N–H and O–H groups in total. The molecule has 9 heteroatoms. The molecular formula is C9H12FN3O5. The summed E-state index contributed by atoms with van der Waals surface area (Å²) in [4.78, 5) is 14.7. The molecule has 1 fully saturated rings. The van der Waals surface area contributed by atoms with Gasteiger partial charge in [-0.15, -0.1) is 0 Å². The molecule has 0 spiro atoms. The molecule has 0 amide bonds. The zero-order valence-electron chi connectivity index (χ0n) is 9.10. The molecule has 1 aromatic rings. The maximum atomic E-state index is 13.2. The van der Waals surface area contributed by atoms with Crippen molar-refractivity contribution in [3.05, 3.63) is 22.5 Å². The second-order valence-corrected chi connectivity index (χ2v) is 3.89. The summed E-state index contributed by atoms with van der Waals surface area (Å²) in [6, 6.07) is 0. The monoisotopic (exact) mass is 261 g/mol. The number of nitrogens with two attached hydrogens (primary N) is 1. The van der Waals surface area contributed by atoms with Gasteiger partial charge in [-0.3, -0.25) is 4.57 Å². The van der Waals surface area contributed by atoms with E-state index in [2.05, 4.69) is 4.98 Å². The number of hydrogen-bond acceptors (Lipinski definition) is 7. The molecule has 18 heavy (non-hydrogen) atoms. The van der Waals surface area contributed by atoms with E-state index in [1.807, 2.05) is 0 Å². The zero-order valence-corrected chi connectivity index (χ0v) is 9.10. The summed E-state index contributed by atoms with van der Waals surface area (Å²) in [6.45, 7) is -0.547. The normalized spacial score (nSPS) is 31.8. The predicted octanol–water partition coefficient (Wildman–Crippen LogP) is -2.42. The predicted molar refractivity (Wildman–Crippen MR) is 55.9 cm³/mol. The Bertz CT molecular complexity index is 507. The third-order valence-electron chi connectivity index (χ3n) is 2.73. The number of aromatic nitrogens is 2. The van der Waals surface area contributed by atoms with Crippen LogP contribution in [-0.4, -0.2) is 49.8 Å². The first-order valence-electron chi connectivity index (χ1n) is 5.12. The van der Waals surface area contributed by atoms with E-state index in [9.17, 15) is 19.4 Å². The van der Waals surface area contributed by atoms with Crippen molar-refractivity contribution in [1.82, 2.24) is 9.55 Å². The van der Waals surface area contributed by atoms with Gasteiger partial charge >= 0.3 is 5.69 Å². The third-order valence-corrected chi connectivity index (χ3v) is 2.73. The van der Waals surface area contributed by atoms with Gasteiger partial charge < -0.3 is 25.8 Å². The van der Waals surface area contributed by atoms with E-state index in [1.165, 1.54) is 0 Å². The largest absolute Gasteiger partial charge is 0.394 e. The molecule has 1 aromatic heterocycles. The molecule has 0 aliphatic carbocycles. The van der Waals surface area contributed by atoms with E-state index in [-0.39, 0.29) is 0 Å².